The van der Waals surface area contributed by atoms with Crippen LogP contribution < -0.4 is 15.6 Å². The zero-order valence-corrected chi connectivity index (χ0v) is 21.6. The summed E-state index contributed by atoms with van der Waals surface area (Å²) < 4.78 is 75.4. The molecule has 2 heterocycles. The third-order valence-corrected chi connectivity index (χ3v) is 5.68. The Bertz CT molecular complexity index is 1350. The number of ether oxygens (including phenoxy) is 2. The standard InChI is InChI=1S/C23H21BrF5N5O5/c24-19-20(38-11-13-2-3-14(25)6-17(13)26)33-18(12-39-22(37)23(27,28)29)34(21(19)36)10-16-9-31-15(8-32-16)7-30-4-1-5-35/h2-3,6,8-9,30,35H,1,4-5,7,10-12H2. The van der Waals surface area contributed by atoms with Crippen molar-refractivity contribution in [2.24, 2.45) is 0 Å². The summed E-state index contributed by atoms with van der Waals surface area (Å²) in [5.41, 5.74) is -0.121. The predicted octanol–water partition coefficient (Wildman–Crippen LogP) is 2.78. The van der Waals surface area contributed by atoms with E-state index in [1.807, 2.05) is 0 Å². The van der Waals surface area contributed by atoms with Crippen molar-refractivity contribution in [3.63, 3.8) is 0 Å². The van der Waals surface area contributed by atoms with Gasteiger partial charge in [-0.2, -0.15) is 18.2 Å². The van der Waals surface area contributed by atoms with Crippen LogP contribution in [0.3, 0.4) is 0 Å². The van der Waals surface area contributed by atoms with Gasteiger partial charge in [0.15, 0.2) is 5.82 Å². The second-order valence-electron chi connectivity index (χ2n) is 7.89. The number of benzene rings is 1. The highest BCUT2D eigenvalue weighted by molar-refractivity contribution is 9.10. The zero-order chi connectivity index (χ0) is 28.6. The monoisotopic (exact) mass is 621 g/mol. The van der Waals surface area contributed by atoms with Crippen molar-refractivity contribution < 1.29 is 41.3 Å². The number of alkyl halides is 3. The molecule has 0 saturated heterocycles. The Kier molecular flexibility index (Phi) is 10.4. The van der Waals surface area contributed by atoms with Gasteiger partial charge in [0.25, 0.3) is 5.56 Å². The lowest BCUT2D eigenvalue weighted by Gasteiger charge is -2.16. The van der Waals surface area contributed by atoms with Crippen molar-refractivity contribution >= 4 is 21.9 Å². The highest BCUT2D eigenvalue weighted by Gasteiger charge is 2.41. The highest BCUT2D eigenvalue weighted by atomic mass is 79.9. The molecule has 0 radical (unpaired) electrons. The number of aliphatic hydroxyl groups is 1. The number of carbonyl (C=O) groups is 1. The molecule has 0 spiro atoms. The maximum atomic E-state index is 14.0. The third-order valence-electron chi connectivity index (χ3n) is 5.00. The van der Waals surface area contributed by atoms with Crippen LogP contribution in [-0.2, 0) is 35.8 Å². The molecule has 0 saturated carbocycles. The Morgan fingerprint density at radius 3 is 2.49 bits per heavy atom. The number of nitrogens with one attached hydrogen (secondary N) is 1. The molecule has 0 aliphatic rings. The summed E-state index contributed by atoms with van der Waals surface area (Å²) in [6.45, 7) is -0.910. The lowest BCUT2D eigenvalue weighted by atomic mass is 10.2. The van der Waals surface area contributed by atoms with Crippen LogP contribution in [-0.4, -0.2) is 49.9 Å². The number of halogens is 6. The Morgan fingerprint density at radius 1 is 1.13 bits per heavy atom. The average Bonchev–Trinajstić information content (AvgIpc) is 2.89. The number of rotatable bonds is 12. The van der Waals surface area contributed by atoms with Gasteiger partial charge in [0.05, 0.1) is 30.3 Å². The van der Waals surface area contributed by atoms with Gasteiger partial charge in [-0.05, 0) is 41.0 Å². The van der Waals surface area contributed by atoms with Crippen LogP contribution >= 0.6 is 15.9 Å². The number of esters is 1. The van der Waals surface area contributed by atoms with Gasteiger partial charge in [0.2, 0.25) is 5.88 Å². The molecule has 0 atom stereocenters. The van der Waals surface area contributed by atoms with E-state index in [2.05, 4.69) is 40.9 Å². The lowest BCUT2D eigenvalue weighted by molar-refractivity contribution is -0.201. The molecule has 0 bridgehead atoms. The van der Waals surface area contributed by atoms with Gasteiger partial charge >= 0.3 is 12.1 Å². The minimum atomic E-state index is -5.29. The molecule has 0 aliphatic carbocycles. The molecule has 210 valence electrons. The number of aromatic nitrogens is 4. The number of aliphatic hydroxyl groups excluding tert-OH is 1. The van der Waals surface area contributed by atoms with Crippen molar-refractivity contribution in [3.05, 3.63) is 79.8 Å². The molecule has 2 aromatic heterocycles. The first-order chi connectivity index (χ1) is 18.5. The summed E-state index contributed by atoms with van der Waals surface area (Å²) in [7, 11) is 0. The summed E-state index contributed by atoms with van der Waals surface area (Å²) in [6, 6.07) is 2.72. The van der Waals surface area contributed by atoms with E-state index in [-0.39, 0.29) is 28.9 Å². The van der Waals surface area contributed by atoms with Gasteiger partial charge < -0.3 is 19.9 Å². The van der Waals surface area contributed by atoms with Crippen molar-refractivity contribution in [2.45, 2.75) is 38.9 Å². The molecule has 0 aliphatic heterocycles. The normalized spacial score (nSPS) is 11.5. The summed E-state index contributed by atoms with van der Waals surface area (Å²) in [4.78, 5) is 36.7. The smallest absolute Gasteiger partial charge is 0.472 e. The molecule has 1 aromatic carbocycles. The third kappa shape index (κ3) is 8.49. The van der Waals surface area contributed by atoms with Crippen LogP contribution in [0, 0.1) is 11.6 Å². The van der Waals surface area contributed by atoms with Crippen LogP contribution in [0.5, 0.6) is 5.88 Å². The van der Waals surface area contributed by atoms with Crippen molar-refractivity contribution in [3.8, 4) is 5.88 Å². The van der Waals surface area contributed by atoms with E-state index < -0.39 is 54.3 Å². The van der Waals surface area contributed by atoms with Gasteiger partial charge in [0, 0.05) is 24.8 Å². The van der Waals surface area contributed by atoms with E-state index in [9.17, 15) is 31.5 Å². The molecule has 0 amide bonds. The SMILES string of the molecule is O=C(OCc1nc(OCc2ccc(F)cc2F)c(Br)c(=O)n1Cc1cnc(CNCCCO)cn1)C(F)(F)F. The number of hydrogen-bond acceptors (Lipinski definition) is 9. The second-order valence-corrected chi connectivity index (χ2v) is 8.68. The molecule has 16 heteroatoms. The van der Waals surface area contributed by atoms with Crippen molar-refractivity contribution in [1.29, 1.82) is 0 Å². The maximum Gasteiger partial charge on any atom is 0.490 e. The fraction of sp³-hybridized carbons (Fsp3) is 0.348. The van der Waals surface area contributed by atoms with E-state index in [1.165, 1.54) is 12.4 Å². The second kappa shape index (κ2) is 13.5. The van der Waals surface area contributed by atoms with Gasteiger partial charge in [-0.3, -0.25) is 19.3 Å². The predicted molar refractivity (Wildman–Crippen MR) is 127 cm³/mol. The fourth-order valence-electron chi connectivity index (χ4n) is 3.06. The summed E-state index contributed by atoms with van der Waals surface area (Å²) in [6.07, 6.45) is -1.97. The van der Waals surface area contributed by atoms with E-state index in [4.69, 9.17) is 9.84 Å². The Balaban J connectivity index is 1.86. The van der Waals surface area contributed by atoms with E-state index in [0.717, 1.165) is 16.7 Å². The molecular formula is C23H21BrF5N5O5. The van der Waals surface area contributed by atoms with Crippen molar-refractivity contribution in [2.75, 3.05) is 13.2 Å². The Labute approximate surface area is 226 Å². The van der Waals surface area contributed by atoms with Crippen LogP contribution in [0.2, 0.25) is 0 Å². The first-order valence-corrected chi connectivity index (χ1v) is 12.0. The van der Waals surface area contributed by atoms with Crippen LogP contribution in [0.15, 0.2) is 39.9 Å². The van der Waals surface area contributed by atoms with Crippen LogP contribution in [0.25, 0.3) is 0 Å². The fourth-order valence-corrected chi connectivity index (χ4v) is 3.47. The summed E-state index contributed by atoms with van der Waals surface area (Å²) >= 11 is 3.02. The summed E-state index contributed by atoms with van der Waals surface area (Å²) in [5, 5.41) is 11.9. The van der Waals surface area contributed by atoms with E-state index in [0.29, 0.717) is 31.3 Å². The molecule has 0 fully saturated rings. The molecule has 39 heavy (non-hydrogen) atoms. The summed E-state index contributed by atoms with van der Waals surface area (Å²) in [5.74, 6) is -5.09. The van der Waals surface area contributed by atoms with Gasteiger partial charge in [-0.15, -0.1) is 0 Å². The first kappa shape index (κ1) is 30.0. The van der Waals surface area contributed by atoms with E-state index >= 15 is 0 Å². The molecule has 3 rings (SSSR count). The average molecular weight is 622 g/mol. The van der Waals surface area contributed by atoms with Crippen LogP contribution in [0.1, 0.15) is 29.2 Å². The zero-order valence-electron chi connectivity index (χ0n) is 20.0. The number of carbonyl (C=O) groups excluding carboxylic acids is 1. The number of hydrogen-bond donors (Lipinski definition) is 2. The number of nitrogens with zero attached hydrogens (tertiary/aromatic N) is 4. The Morgan fingerprint density at radius 2 is 1.85 bits per heavy atom. The van der Waals surface area contributed by atoms with Gasteiger partial charge in [-0.25, -0.2) is 13.6 Å². The molecular weight excluding hydrogens is 601 g/mol. The molecule has 10 nitrogen and oxygen atoms in total. The molecule has 2 N–H and O–H groups in total. The molecule has 3 aromatic rings. The minimum absolute atomic E-state index is 0.0313. The van der Waals surface area contributed by atoms with Crippen LogP contribution in [0.4, 0.5) is 22.0 Å². The minimum Gasteiger partial charge on any atom is -0.472 e. The molecule has 0 unspecified atom stereocenters. The van der Waals surface area contributed by atoms with E-state index in [1.54, 1.807) is 0 Å². The van der Waals surface area contributed by atoms with Gasteiger partial charge in [-0.1, -0.05) is 0 Å². The van der Waals surface area contributed by atoms with Crippen molar-refractivity contribution in [1.82, 2.24) is 24.8 Å². The first-order valence-electron chi connectivity index (χ1n) is 11.2. The maximum absolute atomic E-state index is 14.0. The highest BCUT2D eigenvalue weighted by Crippen LogP contribution is 2.23. The Hall–Kier alpha value is -3.50. The quantitative estimate of drug-likeness (QED) is 0.178. The lowest BCUT2D eigenvalue weighted by Crippen LogP contribution is -2.30. The topological polar surface area (TPSA) is 128 Å². The van der Waals surface area contributed by atoms with Gasteiger partial charge in [0.1, 0.15) is 29.3 Å². The largest absolute Gasteiger partial charge is 0.490 e.